The molecule has 6 heteroatoms. The highest BCUT2D eigenvalue weighted by molar-refractivity contribution is 7.09. The Bertz CT molecular complexity index is 947. The lowest BCUT2D eigenvalue weighted by atomic mass is 10.1. The summed E-state index contributed by atoms with van der Waals surface area (Å²) in [5.41, 5.74) is 3.22. The summed E-state index contributed by atoms with van der Waals surface area (Å²) in [6.45, 7) is 4.46. The van der Waals surface area contributed by atoms with E-state index in [1.54, 1.807) is 35.6 Å². The van der Waals surface area contributed by atoms with Crippen LogP contribution in [0.25, 0.3) is 11.3 Å². The molecule has 0 spiro atoms. The maximum Gasteiger partial charge on any atom is 0.224 e. The number of Topliss-reactive ketones (excluding diaryl/α,β-unsaturated/α-hetero) is 1. The Hall–Kier alpha value is -2.99. The van der Waals surface area contributed by atoms with Crippen molar-refractivity contribution < 1.29 is 14.3 Å². The molecule has 1 heterocycles. The lowest BCUT2D eigenvalue weighted by Crippen LogP contribution is -2.13. The second kappa shape index (κ2) is 9.28. The van der Waals surface area contributed by atoms with E-state index in [1.165, 1.54) is 0 Å². The number of carbonyl (C=O) groups is 2. The molecule has 2 aromatic carbocycles. The smallest absolute Gasteiger partial charge is 0.224 e. The van der Waals surface area contributed by atoms with Gasteiger partial charge in [0.25, 0.3) is 0 Å². The van der Waals surface area contributed by atoms with E-state index < -0.39 is 0 Å². The monoisotopic (exact) mass is 394 g/mol. The fourth-order valence-corrected chi connectivity index (χ4v) is 3.34. The van der Waals surface area contributed by atoms with Crippen LogP contribution in [-0.2, 0) is 4.79 Å². The first-order valence-electron chi connectivity index (χ1n) is 9.13. The molecule has 3 rings (SSSR count). The highest BCUT2D eigenvalue weighted by Crippen LogP contribution is 2.23. The van der Waals surface area contributed by atoms with E-state index in [0.29, 0.717) is 17.9 Å². The number of ketones is 1. The zero-order chi connectivity index (χ0) is 19.9. The van der Waals surface area contributed by atoms with Gasteiger partial charge in [-0.3, -0.25) is 9.59 Å². The number of anilines is 1. The van der Waals surface area contributed by atoms with Crippen molar-refractivity contribution in [2.45, 2.75) is 26.7 Å². The molecule has 0 unspecified atom stereocenters. The molecule has 5 nitrogen and oxygen atoms in total. The second-order valence-corrected chi connectivity index (χ2v) is 7.32. The highest BCUT2D eigenvalue weighted by Gasteiger charge is 2.10. The van der Waals surface area contributed by atoms with Gasteiger partial charge in [0.15, 0.2) is 5.78 Å². The van der Waals surface area contributed by atoms with Gasteiger partial charge in [0, 0.05) is 35.0 Å². The van der Waals surface area contributed by atoms with Crippen molar-refractivity contribution in [2.24, 2.45) is 0 Å². The number of nitrogens with one attached hydrogen (secondary N) is 1. The number of hydrogen-bond acceptors (Lipinski definition) is 5. The number of nitrogens with zero attached hydrogens (tertiary/aromatic N) is 1. The summed E-state index contributed by atoms with van der Waals surface area (Å²) in [7, 11) is 0. The number of hydrogen-bond donors (Lipinski definition) is 1. The topological polar surface area (TPSA) is 68.3 Å². The molecular weight excluding hydrogens is 372 g/mol. The molecule has 1 N–H and O–H groups in total. The average Bonchev–Trinajstić information content (AvgIpc) is 3.14. The van der Waals surface area contributed by atoms with Crippen molar-refractivity contribution in [1.82, 2.24) is 4.98 Å². The van der Waals surface area contributed by atoms with Gasteiger partial charge in [-0.15, -0.1) is 11.3 Å². The van der Waals surface area contributed by atoms with Crippen molar-refractivity contribution in [3.63, 3.8) is 0 Å². The molecule has 0 bridgehead atoms. The molecule has 0 atom stereocenters. The predicted octanol–water partition coefficient (Wildman–Crippen LogP) is 5.12. The number of thiazole rings is 1. The molecule has 0 fully saturated rings. The summed E-state index contributed by atoms with van der Waals surface area (Å²) < 4.78 is 5.36. The van der Waals surface area contributed by atoms with E-state index in [9.17, 15) is 9.59 Å². The van der Waals surface area contributed by atoms with Gasteiger partial charge < -0.3 is 10.1 Å². The quantitative estimate of drug-likeness (QED) is 0.539. The zero-order valence-corrected chi connectivity index (χ0v) is 16.7. The Morgan fingerprint density at radius 1 is 1.04 bits per heavy atom. The summed E-state index contributed by atoms with van der Waals surface area (Å²) in [4.78, 5) is 28.8. The Kier molecular flexibility index (Phi) is 6.55. The number of ether oxygens (including phenoxy) is 1. The van der Waals surface area contributed by atoms with E-state index in [-0.39, 0.29) is 24.5 Å². The third-order valence-corrected chi connectivity index (χ3v) is 4.92. The minimum absolute atomic E-state index is 0.0625. The highest BCUT2D eigenvalue weighted by atomic mass is 32.1. The van der Waals surface area contributed by atoms with Gasteiger partial charge in [0.1, 0.15) is 5.75 Å². The van der Waals surface area contributed by atoms with E-state index in [0.717, 1.165) is 22.0 Å². The molecule has 0 saturated carbocycles. The van der Waals surface area contributed by atoms with Crippen molar-refractivity contribution in [3.8, 4) is 17.0 Å². The standard InChI is InChI=1S/C22H22N2O3S/c1-3-27-19-10-6-17(7-11-19)21(25)12-13-22(26)24-18-8-4-16(5-9-18)20-14-28-15(2)23-20/h4-11,14H,3,12-13H2,1-2H3,(H,24,26). The normalized spacial score (nSPS) is 10.5. The Labute approximate surface area is 168 Å². The second-order valence-electron chi connectivity index (χ2n) is 6.26. The molecule has 1 amide bonds. The van der Waals surface area contributed by atoms with Gasteiger partial charge in [-0.1, -0.05) is 12.1 Å². The first kappa shape index (κ1) is 19.8. The molecule has 0 aliphatic heterocycles. The minimum atomic E-state index is -0.184. The molecule has 0 radical (unpaired) electrons. The molecule has 0 aliphatic carbocycles. The third-order valence-electron chi connectivity index (χ3n) is 4.15. The van der Waals surface area contributed by atoms with Crippen molar-refractivity contribution in [1.29, 1.82) is 0 Å². The molecule has 0 saturated heterocycles. The van der Waals surface area contributed by atoms with Gasteiger partial charge in [-0.25, -0.2) is 4.98 Å². The summed E-state index contributed by atoms with van der Waals surface area (Å²) in [5.74, 6) is 0.483. The van der Waals surface area contributed by atoms with Crippen LogP contribution in [0.2, 0.25) is 0 Å². The van der Waals surface area contributed by atoms with Crippen LogP contribution in [0, 0.1) is 6.92 Å². The summed E-state index contributed by atoms with van der Waals surface area (Å²) in [5, 5.41) is 5.86. The Morgan fingerprint density at radius 3 is 2.36 bits per heavy atom. The van der Waals surface area contributed by atoms with E-state index >= 15 is 0 Å². The number of benzene rings is 2. The molecular formula is C22H22N2O3S. The number of aromatic nitrogens is 1. The van der Waals surface area contributed by atoms with Crippen molar-refractivity contribution >= 4 is 28.7 Å². The number of amides is 1. The van der Waals surface area contributed by atoms with Gasteiger partial charge >= 0.3 is 0 Å². The SMILES string of the molecule is CCOc1ccc(C(=O)CCC(=O)Nc2ccc(-c3csc(C)n3)cc2)cc1. The summed E-state index contributed by atoms with van der Waals surface area (Å²) >= 11 is 1.60. The van der Waals surface area contributed by atoms with Crippen molar-refractivity contribution in [3.05, 3.63) is 64.5 Å². The van der Waals surface area contributed by atoms with Gasteiger partial charge in [0.05, 0.1) is 17.3 Å². The maximum absolute atomic E-state index is 12.2. The minimum Gasteiger partial charge on any atom is -0.494 e. The zero-order valence-electron chi connectivity index (χ0n) is 15.9. The van der Waals surface area contributed by atoms with Crippen LogP contribution in [0.4, 0.5) is 5.69 Å². The first-order chi connectivity index (χ1) is 13.5. The van der Waals surface area contributed by atoms with Crippen LogP contribution in [-0.4, -0.2) is 23.3 Å². The van der Waals surface area contributed by atoms with E-state index in [4.69, 9.17) is 4.74 Å². The van der Waals surface area contributed by atoms with E-state index in [1.807, 2.05) is 43.5 Å². The molecule has 3 aromatic rings. The predicted molar refractivity (Wildman–Crippen MR) is 112 cm³/mol. The molecule has 0 aliphatic rings. The van der Waals surface area contributed by atoms with Gasteiger partial charge in [-0.2, -0.15) is 0 Å². The Morgan fingerprint density at radius 2 is 1.75 bits per heavy atom. The summed E-state index contributed by atoms with van der Waals surface area (Å²) in [6.07, 6.45) is 0.301. The van der Waals surface area contributed by atoms with E-state index in [2.05, 4.69) is 10.3 Å². The number of carbonyl (C=O) groups excluding carboxylic acids is 2. The lowest BCUT2D eigenvalue weighted by Gasteiger charge is -2.07. The number of rotatable bonds is 8. The van der Waals surface area contributed by atoms with Crippen LogP contribution in [0.3, 0.4) is 0 Å². The third kappa shape index (κ3) is 5.27. The number of aryl methyl sites for hydroxylation is 1. The van der Waals surface area contributed by atoms with Crippen LogP contribution in [0.5, 0.6) is 5.75 Å². The largest absolute Gasteiger partial charge is 0.494 e. The van der Waals surface area contributed by atoms with Crippen LogP contribution in [0.1, 0.15) is 35.1 Å². The van der Waals surface area contributed by atoms with Gasteiger partial charge in [0.2, 0.25) is 5.91 Å². The average molecular weight is 394 g/mol. The molecule has 144 valence electrons. The molecule has 28 heavy (non-hydrogen) atoms. The fraction of sp³-hybridized carbons (Fsp3) is 0.227. The van der Waals surface area contributed by atoms with Crippen LogP contribution < -0.4 is 10.1 Å². The summed E-state index contributed by atoms with van der Waals surface area (Å²) in [6, 6.07) is 14.5. The molecule has 1 aromatic heterocycles. The van der Waals surface area contributed by atoms with Gasteiger partial charge in [-0.05, 0) is 50.2 Å². The maximum atomic E-state index is 12.2. The van der Waals surface area contributed by atoms with Crippen molar-refractivity contribution in [2.75, 3.05) is 11.9 Å². The van der Waals surface area contributed by atoms with Crippen LogP contribution in [0.15, 0.2) is 53.9 Å². The first-order valence-corrected chi connectivity index (χ1v) is 10.0. The lowest BCUT2D eigenvalue weighted by molar-refractivity contribution is -0.116. The fourth-order valence-electron chi connectivity index (χ4n) is 2.72. The Balaban J connectivity index is 1.50. The van der Waals surface area contributed by atoms with Crippen LogP contribution >= 0.6 is 11.3 Å².